The van der Waals surface area contributed by atoms with Gasteiger partial charge in [-0.2, -0.15) is 0 Å². The summed E-state index contributed by atoms with van der Waals surface area (Å²) < 4.78 is 0. The number of hydrogen-bond acceptors (Lipinski definition) is 3. The van der Waals surface area contributed by atoms with Crippen LogP contribution in [0.25, 0.3) is 10.9 Å². The first-order chi connectivity index (χ1) is 8.83. The molecule has 2 aromatic rings. The molecule has 18 heavy (non-hydrogen) atoms. The molecule has 2 heterocycles. The molecule has 3 nitrogen and oxygen atoms in total. The molecule has 0 amide bonds. The molecule has 0 atom stereocenters. The number of hydrogen-bond donors (Lipinski definition) is 2. The topological polar surface area (TPSA) is 45.1 Å². The molecule has 1 aromatic carbocycles. The predicted molar refractivity (Wildman–Crippen MR) is 72.7 cm³/mol. The quantitative estimate of drug-likeness (QED) is 0.850. The van der Waals surface area contributed by atoms with Gasteiger partial charge in [0, 0.05) is 11.1 Å². The highest BCUT2D eigenvalue weighted by Gasteiger charge is 2.14. The lowest BCUT2D eigenvalue weighted by molar-refractivity contribution is 0.370. The minimum atomic E-state index is 0.277. The number of pyridine rings is 1. The maximum Gasteiger partial charge on any atom is 0.141 e. The standard InChI is InChI=1S/C15H18N2O/c18-14-3-1-2-12-4-5-13(17-15(12)14)10-11-6-8-16-9-7-11/h1-5,11,16,18H,6-10H2. The third kappa shape index (κ3) is 2.31. The maximum absolute atomic E-state index is 9.83. The lowest BCUT2D eigenvalue weighted by Crippen LogP contribution is -2.28. The van der Waals surface area contributed by atoms with E-state index in [1.54, 1.807) is 6.07 Å². The first kappa shape index (κ1) is 11.5. The van der Waals surface area contributed by atoms with Crippen LogP contribution in [0.15, 0.2) is 30.3 Å². The Morgan fingerprint density at radius 2 is 2.00 bits per heavy atom. The molecular formula is C15H18N2O. The second-order valence-corrected chi connectivity index (χ2v) is 5.05. The van der Waals surface area contributed by atoms with Gasteiger partial charge in [0.15, 0.2) is 0 Å². The highest BCUT2D eigenvalue weighted by molar-refractivity contribution is 5.84. The molecule has 3 rings (SSSR count). The summed E-state index contributed by atoms with van der Waals surface area (Å²) in [7, 11) is 0. The van der Waals surface area contributed by atoms with Crippen molar-refractivity contribution < 1.29 is 5.11 Å². The molecule has 1 aliphatic rings. The van der Waals surface area contributed by atoms with Crippen LogP contribution in [0.5, 0.6) is 5.75 Å². The lowest BCUT2D eigenvalue weighted by Gasteiger charge is -2.22. The third-order valence-electron chi connectivity index (χ3n) is 3.71. The van der Waals surface area contributed by atoms with Crippen molar-refractivity contribution in [1.82, 2.24) is 10.3 Å². The Hall–Kier alpha value is -1.61. The zero-order valence-corrected chi connectivity index (χ0v) is 10.4. The number of aromatic hydroxyl groups is 1. The smallest absolute Gasteiger partial charge is 0.141 e. The van der Waals surface area contributed by atoms with Crippen molar-refractivity contribution in [1.29, 1.82) is 0 Å². The highest BCUT2D eigenvalue weighted by Crippen LogP contribution is 2.24. The number of fused-ring (bicyclic) bond motifs is 1. The van der Waals surface area contributed by atoms with Crippen LogP contribution < -0.4 is 5.32 Å². The number of para-hydroxylation sites is 1. The third-order valence-corrected chi connectivity index (χ3v) is 3.71. The Kier molecular flexibility index (Phi) is 3.15. The minimum Gasteiger partial charge on any atom is -0.506 e. The van der Waals surface area contributed by atoms with Crippen LogP contribution in [-0.2, 0) is 6.42 Å². The fourth-order valence-electron chi connectivity index (χ4n) is 2.67. The largest absolute Gasteiger partial charge is 0.506 e. The van der Waals surface area contributed by atoms with Crippen LogP contribution in [0.3, 0.4) is 0 Å². The van der Waals surface area contributed by atoms with E-state index in [1.165, 1.54) is 12.8 Å². The summed E-state index contributed by atoms with van der Waals surface area (Å²) in [5.74, 6) is 1.00. The highest BCUT2D eigenvalue weighted by atomic mass is 16.3. The summed E-state index contributed by atoms with van der Waals surface area (Å²) in [5, 5.41) is 14.2. The van der Waals surface area contributed by atoms with Gasteiger partial charge in [-0.05, 0) is 50.4 Å². The van der Waals surface area contributed by atoms with Gasteiger partial charge in [-0.1, -0.05) is 18.2 Å². The molecule has 0 spiro atoms. The Morgan fingerprint density at radius 1 is 1.17 bits per heavy atom. The van der Waals surface area contributed by atoms with Gasteiger partial charge in [0.1, 0.15) is 11.3 Å². The summed E-state index contributed by atoms with van der Waals surface area (Å²) in [5.41, 5.74) is 1.82. The first-order valence-corrected chi connectivity index (χ1v) is 6.61. The van der Waals surface area contributed by atoms with Crippen molar-refractivity contribution in [2.24, 2.45) is 5.92 Å². The first-order valence-electron chi connectivity index (χ1n) is 6.61. The summed E-state index contributed by atoms with van der Waals surface area (Å²) in [6.07, 6.45) is 3.47. The number of nitrogens with zero attached hydrogens (tertiary/aromatic N) is 1. The van der Waals surface area contributed by atoms with Crippen molar-refractivity contribution in [2.75, 3.05) is 13.1 Å². The lowest BCUT2D eigenvalue weighted by atomic mass is 9.93. The second kappa shape index (κ2) is 4.94. The Morgan fingerprint density at radius 3 is 2.83 bits per heavy atom. The van der Waals surface area contributed by atoms with Gasteiger partial charge in [-0.15, -0.1) is 0 Å². The normalized spacial score (nSPS) is 17.1. The van der Waals surface area contributed by atoms with Gasteiger partial charge in [0.2, 0.25) is 0 Å². The number of phenols is 1. The average Bonchev–Trinajstić information content (AvgIpc) is 2.41. The van der Waals surface area contributed by atoms with Crippen LogP contribution in [-0.4, -0.2) is 23.2 Å². The Balaban J connectivity index is 1.86. The van der Waals surface area contributed by atoms with Crippen LogP contribution in [0.1, 0.15) is 18.5 Å². The van der Waals surface area contributed by atoms with Crippen molar-refractivity contribution in [3.05, 3.63) is 36.0 Å². The average molecular weight is 242 g/mol. The molecule has 1 aliphatic heterocycles. The van der Waals surface area contributed by atoms with E-state index in [0.717, 1.165) is 42.0 Å². The van der Waals surface area contributed by atoms with E-state index in [1.807, 2.05) is 12.1 Å². The van der Waals surface area contributed by atoms with E-state index in [2.05, 4.69) is 22.4 Å². The zero-order valence-electron chi connectivity index (χ0n) is 10.4. The summed E-state index contributed by atoms with van der Waals surface area (Å²) >= 11 is 0. The summed E-state index contributed by atoms with van der Waals surface area (Å²) in [6, 6.07) is 9.67. The van der Waals surface area contributed by atoms with Gasteiger partial charge in [0.05, 0.1) is 0 Å². The van der Waals surface area contributed by atoms with Crippen molar-refractivity contribution >= 4 is 10.9 Å². The molecule has 1 saturated heterocycles. The van der Waals surface area contributed by atoms with E-state index < -0.39 is 0 Å². The number of phenolic OH excluding ortho intramolecular Hbond substituents is 1. The zero-order chi connectivity index (χ0) is 12.4. The number of nitrogens with one attached hydrogen (secondary N) is 1. The second-order valence-electron chi connectivity index (χ2n) is 5.05. The molecule has 0 aliphatic carbocycles. The fourth-order valence-corrected chi connectivity index (χ4v) is 2.67. The van der Waals surface area contributed by atoms with E-state index in [0.29, 0.717) is 0 Å². The summed E-state index contributed by atoms with van der Waals surface area (Å²) in [4.78, 5) is 4.60. The molecular weight excluding hydrogens is 224 g/mol. The van der Waals surface area contributed by atoms with E-state index in [-0.39, 0.29) is 5.75 Å². The number of benzene rings is 1. The number of piperidine rings is 1. The van der Waals surface area contributed by atoms with Crippen molar-refractivity contribution in [2.45, 2.75) is 19.3 Å². The van der Waals surface area contributed by atoms with Crippen LogP contribution >= 0.6 is 0 Å². The molecule has 0 radical (unpaired) electrons. The van der Waals surface area contributed by atoms with E-state index in [4.69, 9.17) is 0 Å². The van der Waals surface area contributed by atoms with Crippen LogP contribution in [0, 0.1) is 5.92 Å². The predicted octanol–water partition coefficient (Wildman–Crippen LogP) is 2.48. The molecule has 2 N–H and O–H groups in total. The molecule has 0 bridgehead atoms. The Bertz CT molecular complexity index is 547. The molecule has 94 valence electrons. The van der Waals surface area contributed by atoms with Gasteiger partial charge in [0.25, 0.3) is 0 Å². The molecule has 0 saturated carbocycles. The maximum atomic E-state index is 9.83. The molecule has 1 fully saturated rings. The van der Waals surface area contributed by atoms with Crippen LogP contribution in [0.2, 0.25) is 0 Å². The van der Waals surface area contributed by atoms with E-state index >= 15 is 0 Å². The number of aromatic nitrogens is 1. The van der Waals surface area contributed by atoms with Crippen molar-refractivity contribution in [3.8, 4) is 5.75 Å². The van der Waals surface area contributed by atoms with Gasteiger partial charge >= 0.3 is 0 Å². The van der Waals surface area contributed by atoms with Gasteiger partial charge in [-0.25, -0.2) is 4.98 Å². The van der Waals surface area contributed by atoms with Gasteiger partial charge in [-0.3, -0.25) is 0 Å². The summed E-state index contributed by atoms with van der Waals surface area (Å²) in [6.45, 7) is 2.23. The fraction of sp³-hybridized carbons (Fsp3) is 0.400. The Labute approximate surface area is 107 Å². The van der Waals surface area contributed by atoms with Gasteiger partial charge < -0.3 is 10.4 Å². The SMILES string of the molecule is Oc1cccc2ccc(CC3CCNCC3)nc12. The minimum absolute atomic E-state index is 0.277. The van der Waals surface area contributed by atoms with Crippen molar-refractivity contribution in [3.63, 3.8) is 0 Å². The molecule has 1 aromatic heterocycles. The monoisotopic (exact) mass is 242 g/mol. The van der Waals surface area contributed by atoms with E-state index in [9.17, 15) is 5.11 Å². The molecule has 0 unspecified atom stereocenters. The number of rotatable bonds is 2. The molecule has 3 heteroatoms. The van der Waals surface area contributed by atoms with Crippen LogP contribution in [0.4, 0.5) is 0 Å².